The highest BCUT2D eigenvalue weighted by atomic mass is 19.1. The van der Waals surface area contributed by atoms with Crippen LogP contribution < -0.4 is 10.6 Å². The lowest BCUT2D eigenvalue weighted by atomic mass is 9.99. The average molecular weight is 394 g/mol. The zero-order valence-electron chi connectivity index (χ0n) is 15.7. The first-order valence-corrected chi connectivity index (χ1v) is 9.09. The van der Waals surface area contributed by atoms with E-state index in [0.717, 1.165) is 5.69 Å². The molecular formula is C20H19FN6O2. The quantitative estimate of drug-likeness (QED) is 0.631. The molecule has 0 saturated heterocycles. The molecule has 0 bridgehead atoms. The van der Waals surface area contributed by atoms with Gasteiger partial charge in [-0.15, -0.1) is 10.2 Å². The van der Waals surface area contributed by atoms with Gasteiger partial charge in [0.2, 0.25) is 0 Å². The number of nitrogens with zero attached hydrogens (tertiary/aromatic N) is 4. The van der Waals surface area contributed by atoms with Gasteiger partial charge in [-0.2, -0.15) is 0 Å². The number of hydrogen-bond donors (Lipinski definition) is 3. The van der Waals surface area contributed by atoms with Gasteiger partial charge in [0.15, 0.2) is 5.82 Å². The molecule has 148 valence electrons. The summed E-state index contributed by atoms with van der Waals surface area (Å²) in [5.41, 5.74) is 2.76. The lowest BCUT2D eigenvalue weighted by Crippen LogP contribution is -2.31. The van der Waals surface area contributed by atoms with E-state index in [4.69, 9.17) is 5.11 Å². The fraction of sp³-hybridized carbons (Fsp3) is 0.200. The molecule has 0 atom stereocenters. The number of carbonyl (C=O) groups excluding carboxylic acids is 1. The van der Waals surface area contributed by atoms with E-state index in [-0.39, 0.29) is 25.5 Å². The van der Waals surface area contributed by atoms with Crippen LogP contribution in [0, 0.1) is 12.7 Å². The van der Waals surface area contributed by atoms with Gasteiger partial charge in [-0.25, -0.2) is 9.18 Å². The molecule has 0 saturated carbocycles. The minimum atomic E-state index is -0.446. The van der Waals surface area contributed by atoms with Crippen molar-refractivity contribution in [1.29, 1.82) is 0 Å². The standard InChI is InChI=1S/C20H19FN6O2/c1-12-25-26-18-11-23-19(14-4-2-3-5-16(14)21)15-10-13(6-7-17(15)27(12)18)24-20(29)22-8-9-28/h2-7,10,28H,8-9,11H2,1H3,(H2,22,24,29). The van der Waals surface area contributed by atoms with Crippen LogP contribution >= 0.6 is 0 Å². The first-order valence-electron chi connectivity index (χ1n) is 9.09. The summed E-state index contributed by atoms with van der Waals surface area (Å²) in [5, 5.41) is 22.4. The topological polar surface area (TPSA) is 104 Å². The van der Waals surface area contributed by atoms with Crippen LogP contribution in [0.15, 0.2) is 47.5 Å². The van der Waals surface area contributed by atoms with Gasteiger partial charge < -0.3 is 15.7 Å². The summed E-state index contributed by atoms with van der Waals surface area (Å²) < 4.78 is 16.4. The number of anilines is 1. The summed E-state index contributed by atoms with van der Waals surface area (Å²) in [6, 6.07) is 11.3. The van der Waals surface area contributed by atoms with Crippen LogP contribution in [-0.4, -0.2) is 44.8 Å². The molecule has 1 aliphatic rings. The van der Waals surface area contributed by atoms with Crippen LogP contribution in [0.3, 0.4) is 0 Å². The Hall–Kier alpha value is -3.59. The van der Waals surface area contributed by atoms with Gasteiger partial charge in [0.05, 0.1) is 18.0 Å². The highest BCUT2D eigenvalue weighted by Gasteiger charge is 2.23. The molecule has 9 heteroatoms. The van der Waals surface area contributed by atoms with Crippen LogP contribution in [0.5, 0.6) is 0 Å². The number of fused-ring (bicyclic) bond motifs is 3. The van der Waals surface area contributed by atoms with Gasteiger partial charge in [-0.1, -0.05) is 12.1 Å². The minimum Gasteiger partial charge on any atom is -0.395 e. The lowest BCUT2D eigenvalue weighted by molar-refractivity contribution is 0.245. The zero-order chi connectivity index (χ0) is 20.4. The summed E-state index contributed by atoms with van der Waals surface area (Å²) in [6.45, 7) is 2.07. The molecule has 3 aromatic rings. The highest BCUT2D eigenvalue weighted by molar-refractivity contribution is 6.16. The molecule has 0 fully saturated rings. The number of urea groups is 1. The van der Waals surface area contributed by atoms with E-state index in [9.17, 15) is 9.18 Å². The van der Waals surface area contributed by atoms with Crippen LogP contribution in [0.1, 0.15) is 22.8 Å². The summed E-state index contributed by atoms with van der Waals surface area (Å²) in [5.74, 6) is 0.953. The molecule has 0 aliphatic carbocycles. The van der Waals surface area contributed by atoms with Crippen LogP contribution in [0.2, 0.25) is 0 Å². The monoisotopic (exact) mass is 394 g/mol. The first-order chi connectivity index (χ1) is 14.1. The molecule has 4 rings (SSSR count). The number of aryl methyl sites for hydroxylation is 1. The molecule has 0 unspecified atom stereocenters. The van der Waals surface area contributed by atoms with E-state index in [1.807, 2.05) is 17.6 Å². The maximum absolute atomic E-state index is 14.6. The van der Waals surface area contributed by atoms with E-state index in [1.165, 1.54) is 6.07 Å². The number of amides is 2. The number of aromatic nitrogens is 3. The Bertz CT molecular complexity index is 1110. The zero-order valence-corrected chi connectivity index (χ0v) is 15.7. The number of nitrogens with one attached hydrogen (secondary N) is 2. The van der Waals surface area contributed by atoms with Crippen LogP contribution in [0.4, 0.5) is 14.9 Å². The summed E-state index contributed by atoms with van der Waals surface area (Å²) >= 11 is 0. The molecule has 0 radical (unpaired) electrons. The van der Waals surface area contributed by atoms with Crippen molar-refractivity contribution in [1.82, 2.24) is 20.1 Å². The van der Waals surface area contributed by atoms with Crippen molar-refractivity contribution in [2.24, 2.45) is 4.99 Å². The van der Waals surface area contributed by atoms with E-state index in [2.05, 4.69) is 25.8 Å². The Morgan fingerprint density at radius 2 is 2.03 bits per heavy atom. The molecule has 3 N–H and O–H groups in total. The number of carbonyl (C=O) groups is 1. The molecule has 29 heavy (non-hydrogen) atoms. The molecule has 2 heterocycles. The molecule has 0 spiro atoms. The number of aliphatic hydroxyl groups is 1. The van der Waals surface area contributed by atoms with E-state index in [1.54, 1.807) is 30.3 Å². The third kappa shape index (κ3) is 3.59. The summed E-state index contributed by atoms with van der Waals surface area (Å²) in [7, 11) is 0. The van der Waals surface area contributed by atoms with E-state index in [0.29, 0.717) is 34.2 Å². The summed E-state index contributed by atoms with van der Waals surface area (Å²) in [6.07, 6.45) is 0. The third-order valence-electron chi connectivity index (χ3n) is 4.55. The van der Waals surface area contributed by atoms with Crippen LogP contribution in [-0.2, 0) is 6.54 Å². The maximum atomic E-state index is 14.6. The average Bonchev–Trinajstić information content (AvgIpc) is 3.00. The Kier molecular flexibility index (Phi) is 5.05. The second kappa shape index (κ2) is 7.80. The van der Waals surface area contributed by atoms with Gasteiger partial charge in [-0.05, 0) is 37.3 Å². The molecule has 1 aromatic heterocycles. The van der Waals surface area contributed by atoms with Gasteiger partial charge in [0, 0.05) is 23.4 Å². The third-order valence-corrected chi connectivity index (χ3v) is 4.55. The Morgan fingerprint density at radius 3 is 2.83 bits per heavy atom. The normalized spacial score (nSPS) is 12.4. The number of benzene rings is 2. The number of hydrogen-bond acceptors (Lipinski definition) is 5. The Balaban J connectivity index is 1.83. The van der Waals surface area contributed by atoms with Crippen molar-refractivity contribution in [2.75, 3.05) is 18.5 Å². The Labute approximate surface area is 166 Å². The SMILES string of the molecule is Cc1nnc2n1-c1ccc(NC(=O)NCCO)cc1C(c1ccccc1F)=NC2. The van der Waals surface area contributed by atoms with Gasteiger partial charge in [0.1, 0.15) is 18.2 Å². The lowest BCUT2D eigenvalue weighted by Gasteiger charge is -2.15. The van der Waals surface area contributed by atoms with Gasteiger partial charge in [-0.3, -0.25) is 9.56 Å². The largest absolute Gasteiger partial charge is 0.395 e. The van der Waals surface area contributed by atoms with Gasteiger partial charge >= 0.3 is 6.03 Å². The fourth-order valence-electron chi connectivity index (χ4n) is 3.28. The van der Waals surface area contributed by atoms with E-state index >= 15 is 0 Å². The predicted octanol–water partition coefficient (Wildman–Crippen LogP) is 2.18. The number of aliphatic hydroxyl groups excluding tert-OH is 1. The predicted molar refractivity (Wildman–Crippen MR) is 106 cm³/mol. The molecule has 2 aromatic carbocycles. The Morgan fingerprint density at radius 1 is 1.21 bits per heavy atom. The maximum Gasteiger partial charge on any atom is 0.319 e. The second-order valence-electron chi connectivity index (χ2n) is 6.48. The highest BCUT2D eigenvalue weighted by Crippen LogP contribution is 2.28. The van der Waals surface area contributed by atoms with Crippen molar-refractivity contribution in [2.45, 2.75) is 13.5 Å². The van der Waals surface area contributed by atoms with Crippen molar-refractivity contribution in [3.05, 3.63) is 71.1 Å². The fourth-order valence-corrected chi connectivity index (χ4v) is 3.28. The van der Waals surface area contributed by atoms with Crippen molar-refractivity contribution in [3.8, 4) is 5.69 Å². The van der Waals surface area contributed by atoms with E-state index < -0.39 is 6.03 Å². The van der Waals surface area contributed by atoms with Crippen LogP contribution in [0.25, 0.3) is 5.69 Å². The minimum absolute atomic E-state index is 0.141. The number of aliphatic imine (C=N–C) groups is 1. The second-order valence-corrected chi connectivity index (χ2v) is 6.48. The van der Waals surface area contributed by atoms with Crippen molar-refractivity contribution in [3.63, 3.8) is 0 Å². The smallest absolute Gasteiger partial charge is 0.319 e. The molecular weight excluding hydrogens is 375 g/mol. The number of rotatable bonds is 4. The van der Waals surface area contributed by atoms with Gasteiger partial charge in [0.25, 0.3) is 0 Å². The molecule has 2 amide bonds. The van der Waals surface area contributed by atoms with Crippen molar-refractivity contribution < 1.29 is 14.3 Å². The summed E-state index contributed by atoms with van der Waals surface area (Å²) in [4.78, 5) is 16.6. The molecule has 1 aliphatic heterocycles. The first kappa shape index (κ1) is 18.8. The number of halogens is 1. The molecule has 8 nitrogen and oxygen atoms in total. The van der Waals surface area contributed by atoms with Crippen molar-refractivity contribution >= 4 is 17.4 Å².